The Kier molecular flexibility index (Phi) is 2.84. The molecule has 0 aliphatic carbocycles. The third kappa shape index (κ3) is 1.92. The molecule has 15 heavy (non-hydrogen) atoms. The number of aromatic nitrogens is 1. The van der Waals surface area contributed by atoms with Crippen LogP contribution in [0.5, 0.6) is 0 Å². The lowest BCUT2D eigenvalue weighted by molar-refractivity contribution is 0.581. The fraction of sp³-hybridized carbons (Fsp3) is 0.273. The third-order valence-electron chi connectivity index (χ3n) is 2.08. The molecule has 3 nitrogen and oxygen atoms in total. The van der Waals surface area contributed by atoms with Gasteiger partial charge in [-0.2, -0.15) is 5.26 Å². The first-order valence-electron chi connectivity index (χ1n) is 4.74. The van der Waals surface area contributed by atoms with Gasteiger partial charge in [0.2, 0.25) is 0 Å². The van der Waals surface area contributed by atoms with Crippen LogP contribution in [0.2, 0.25) is 0 Å². The largest absolute Gasteiger partial charge is 0.462 e. The van der Waals surface area contributed by atoms with Gasteiger partial charge in [-0.3, -0.25) is 0 Å². The predicted molar refractivity (Wildman–Crippen MR) is 58.5 cm³/mol. The summed E-state index contributed by atoms with van der Waals surface area (Å²) < 4.78 is 5.28. The topological polar surface area (TPSA) is 49.8 Å². The van der Waals surface area contributed by atoms with Crippen molar-refractivity contribution in [3.63, 3.8) is 0 Å². The quantitative estimate of drug-likeness (QED) is 0.795. The number of aryl methyl sites for hydroxylation is 1. The second-order valence-corrected chi connectivity index (χ2v) is 4.14. The van der Waals surface area contributed by atoms with Crippen LogP contribution in [-0.2, 0) is 12.8 Å². The highest BCUT2D eigenvalue weighted by atomic mass is 32.1. The van der Waals surface area contributed by atoms with Crippen LogP contribution in [0.4, 0.5) is 0 Å². The summed E-state index contributed by atoms with van der Waals surface area (Å²) >= 11 is 1.54. The highest BCUT2D eigenvalue weighted by Crippen LogP contribution is 2.28. The third-order valence-corrected chi connectivity index (χ3v) is 3.20. The first-order valence-corrected chi connectivity index (χ1v) is 5.56. The molecule has 2 aromatic heterocycles. The lowest BCUT2D eigenvalue weighted by Gasteiger charge is -1.89. The average Bonchev–Trinajstić information content (AvgIpc) is 2.84. The van der Waals surface area contributed by atoms with Crippen molar-refractivity contribution in [2.45, 2.75) is 19.8 Å². The van der Waals surface area contributed by atoms with Gasteiger partial charge < -0.3 is 4.42 Å². The van der Waals surface area contributed by atoms with Crippen molar-refractivity contribution in [3.05, 3.63) is 29.0 Å². The summed E-state index contributed by atoms with van der Waals surface area (Å²) in [4.78, 5) is 5.51. The molecule has 0 saturated carbocycles. The smallest absolute Gasteiger partial charge is 0.162 e. The molecule has 0 fully saturated rings. The van der Waals surface area contributed by atoms with E-state index in [0.29, 0.717) is 6.42 Å². The lowest BCUT2D eigenvalue weighted by Crippen LogP contribution is -1.86. The molecule has 0 atom stereocenters. The summed E-state index contributed by atoms with van der Waals surface area (Å²) in [5.74, 6) is 0.777. The minimum atomic E-state index is 0.432. The van der Waals surface area contributed by atoms with Crippen LogP contribution in [0.25, 0.3) is 10.8 Å². The predicted octanol–water partition coefficient (Wildman–Crippen LogP) is 3.03. The monoisotopic (exact) mass is 218 g/mol. The molecule has 76 valence electrons. The Bertz CT molecular complexity index is 479. The van der Waals surface area contributed by atoms with E-state index in [1.807, 2.05) is 19.1 Å². The van der Waals surface area contributed by atoms with Gasteiger partial charge >= 0.3 is 0 Å². The normalized spacial score (nSPS) is 10.1. The molecule has 0 unspecified atom stereocenters. The first kappa shape index (κ1) is 9.94. The Balaban J connectivity index is 2.39. The van der Waals surface area contributed by atoms with Crippen molar-refractivity contribution in [1.29, 1.82) is 5.26 Å². The fourth-order valence-corrected chi connectivity index (χ4v) is 2.43. The molecule has 0 aliphatic heterocycles. The van der Waals surface area contributed by atoms with Crippen LogP contribution in [0, 0.1) is 11.3 Å². The van der Waals surface area contributed by atoms with Gasteiger partial charge in [0.1, 0.15) is 0 Å². The van der Waals surface area contributed by atoms with Crippen LogP contribution >= 0.6 is 11.3 Å². The number of nitriles is 1. The Labute approximate surface area is 92.0 Å². The second kappa shape index (κ2) is 4.28. The maximum absolute atomic E-state index is 8.68. The number of thiazole rings is 1. The van der Waals surface area contributed by atoms with E-state index in [9.17, 15) is 0 Å². The van der Waals surface area contributed by atoms with E-state index in [-0.39, 0.29) is 0 Å². The molecular formula is C11H10N2OS. The van der Waals surface area contributed by atoms with E-state index >= 15 is 0 Å². The number of rotatable bonds is 3. The van der Waals surface area contributed by atoms with Gasteiger partial charge in [-0.15, -0.1) is 11.3 Å². The summed E-state index contributed by atoms with van der Waals surface area (Å²) in [6.45, 7) is 2.04. The van der Waals surface area contributed by atoms with Crippen molar-refractivity contribution in [1.82, 2.24) is 4.98 Å². The molecule has 2 aromatic rings. The van der Waals surface area contributed by atoms with E-state index in [1.165, 1.54) is 11.3 Å². The molecular weight excluding hydrogens is 208 g/mol. The summed E-state index contributed by atoms with van der Waals surface area (Å²) in [6, 6.07) is 5.88. The van der Waals surface area contributed by atoms with Crippen molar-refractivity contribution in [3.8, 4) is 16.8 Å². The van der Waals surface area contributed by atoms with Crippen LogP contribution in [0.1, 0.15) is 17.5 Å². The zero-order chi connectivity index (χ0) is 10.7. The molecule has 2 rings (SSSR count). The molecule has 2 heterocycles. The molecule has 0 amide bonds. The van der Waals surface area contributed by atoms with Crippen molar-refractivity contribution in [2.75, 3.05) is 0 Å². The van der Waals surface area contributed by atoms with Gasteiger partial charge in [0.25, 0.3) is 0 Å². The van der Waals surface area contributed by atoms with Crippen molar-refractivity contribution >= 4 is 11.3 Å². The number of hydrogen-bond donors (Lipinski definition) is 0. The standard InChI is InChI=1S/C11H10N2OS/c1-2-8-10(5-6-12)15-11(13-8)9-4-3-7-14-9/h3-4,7H,2,5H2,1H3. The van der Waals surface area contributed by atoms with Gasteiger partial charge in [-0.1, -0.05) is 6.92 Å². The van der Waals surface area contributed by atoms with Gasteiger partial charge in [0.05, 0.1) is 24.4 Å². The second-order valence-electron chi connectivity index (χ2n) is 3.05. The fourth-order valence-electron chi connectivity index (χ4n) is 1.38. The zero-order valence-electron chi connectivity index (χ0n) is 8.36. The highest BCUT2D eigenvalue weighted by Gasteiger charge is 2.12. The Hall–Kier alpha value is -1.60. The summed E-state index contributed by atoms with van der Waals surface area (Å²) in [6.07, 6.45) is 2.92. The Morgan fingerprint density at radius 2 is 2.47 bits per heavy atom. The van der Waals surface area contributed by atoms with E-state index in [2.05, 4.69) is 11.1 Å². The van der Waals surface area contributed by atoms with Gasteiger partial charge in [0, 0.05) is 4.88 Å². The van der Waals surface area contributed by atoms with Crippen LogP contribution in [0.3, 0.4) is 0 Å². The number of hydrogen-bond acceptors (Lipinski definition) is 4. The molecule has 0 N–H and O–H groups in total. The first-order chi connectivity index (χ1) is 7.35. The maximum Gasteiger partial charge on any atom is 0.162 e. The number of nitrogens with zero attached hydrogens (tertiary/aromatic N) is 2. The molecule has 0 radical (unpaired) electrons. The lowest BCUT2D eigenvalue weighted by atomic mass is 10.2. The average molecular weight is 218 g/mol. The molecule has 4 heteroatoms. The zero-order valence-corrected chi connectivity index (χ0v) is 9.17. The van der Waals surface area contributed by atoms with E-state index in [4.69, 9.17) is 9.68 Å². The summed E-state index contributed by atoms with van der Waals surface area (Å²) in [5.41, 5.74) is 1.01. The molecule has 0 aliphatic rings. The highest BCUT2D eigenvalue weighted by molar-refractivity contribution is 7.15. The Morgan fingerprint density at radius 3 is 3.07 bits per heavy atom. The van der Waals surface area contributed by atoms with E-state index in [1.54, 1.807) is 6.26 Å². The molecule has 0 bridgehead atoms. The molecule has 0 saturated heterocycles. The van der Waals surface area contributed by atoms with E-state index < -0.39 is 0 Å². The molecule has 0 spiro atoms. The van der Waals surface area contributed by atoms with Crippen LogP contribution < -0.4 is 0 Å². The Morgan fingerprint density at radius 1 is 1.60 bits per heavy atom. The molecule has 0 aromatic carbocycles. The van der Waals surface area contributed by atoms with Gasteiger partial charge in [-0.05, 0) is 18.6 Å². The van der Waals surface area contributed by atoms with Gasteiger partial charge in [0.15, 0.2) is 10.8 Å². The minimum absolute atomic E-state index is 0.432. The maximum atomic E-state index is 8.68. The SMILES string of the molecule is CCc1nc(-c2ccco2)sc1CC#N. The number of furan rings is 1. The minimum Gasteiger partial charge on any atom is -0.462 e. The van der Waals surface area contributed by atoms with Crippen molar-refractivity contribution in [2.24, 2.45) is 0 Å². The van der Waals surface area contributed by atoms with Gasteiger partial charge in [-0.25, -0.2) is 4.98 Å². The van der Waals surface area contributed by atoms with Crippen molar-refractivity contribution < 1.29 is 4.42 Å². The van der Waals surface area contributed by atoms with E-state index in [0.717, 1.165) is 27.8 Å². The summed E-state index contributed by atoms with van der Waals surface area (Å²) in [7, 11) is 0. The summed E-state index contributed by atoms with van der Waals surface area (Å²) in [5, 5.41) is 9.55. The van der Waals surface area contributed by atoms with Crippen LogP contribution in [-0.4, -0.2) is 4.98 Å². The van der Waals surface area contributed by atoms with Crippen LogP contribution in [0.15, 0.2) is 22.8 Å².